The van der Waals surface area contributed by atoms with Gasteiger partial charge in [-0.15, -0.1) is 11.3 Å². The summed E-state index contributed by atoms with van der Waals surface area (Å²) in [5.74, 6) is 0.00640. The van der Waals surface area contributed by atoms with E-state index in [1.165, 1.54) is 11.3 Å². The van der Waals surface area contributed by atoms with Crippen molar-refractivity contribution in [1.29, 1.82) is 0 Å². The standard InChI is InChI=1S/C18H17N3OS/c1-12-7-14(5-6-20-12)13-3-2-4-15(8-13)17-11-23-18(21-17)9-16(22)10-19/h2-8,11H,9-10,19H2,1H3. The van der Waals surface area contributed by atoms with Crippen LogP contribution < -0.4 is 5.73 Å². The van der Waals surface area contributed by atoms with Crippen LogP contribution in [0.25, 0.3) is 22.4 Å². The summed E-state index contributed by atoms with van der Waals surface area (Å²) in [6.07, 6.45) is 2.13. The van der Waals surface area contributed by atoms with Crippen molar-refractivity contribution < 1.29 is 4.79 Å². The van der Waals surface area contributed by atoms with E-state index in [1.807, 2.05) is 36.7 Å². The van der Waals surface area contributed by atoms with Crippen LogP contribution in [-0.2, 0) is 11.2 Å². The number of Topliss-reactive ketones (excluding diaryl/α,β-unsaturated/α-hetero) is 1. The minimum absolute atomic E-state index is 0.00640. The fourth-order valence-electron chi connectivity index (χ4n) is 2.35. The highest BCUT2D eigenvalue weighted by molar-refractivity contribution is 7.10. The summed E-state index contributed by atoms with van der Waals surface area (Å²) in [5, 5.41) is 2.79. The van der Waals surface area contributed by atoms with Crippen LogP contribution >= 0.6 is 11.3 Å². The van der Waals surface area contributed by atoms with Crippen LogP contribution in [-0.4, -0.2) is 22.3 Å². The Labute approximate surface area is 139 Å². The molecule has 0 saturated carbocycles. The average molecular weight is 323 g/mol. The van der Waals surface area contributed by atoms with Crippen LogP contribution in [0.1, 0.15) is 10.7 Å². The van der Waals surface area contributed by atoms with Gasteiger partial charge in [-0.3, -0.25) is 9.78 Å². The molecule has 2 N–H and O–H groups in total. The predicted molar refractivity (Wildman–Crippen MR) is 93.3 cm³/mol. The molecule has 0 fully saturated rings. The quantitative estimate of drug-likeness (QED) is 0.782. The van der Waals surface area contributed by atoms with E-state index in [1.54, 1.807) is 0 Å². The summed E-state index contributed by atoms with van der Waals surface area (Å²) in [7, 11) is 0. The van der Waals surface area contributed by atoms with Crippen LogP contribution in [0.2, 0.25) is 0 Å². The predicted octanol–water partition coefficient (Wildman–Crippen LogP) is 3.25. The third kappa shape index (κ3) is 3.70. The van der Waals surface area contributed by atoms with Crippen LogP contribution in [0.4, 0.5) is 0 Å². The molecule has 0 spiro atoms. The maximum Gasteiger partial charge on any atom is 0.153 e. The van der Waals surface area contributed by atoms with Gasteiger partial charge in [0.2, 0.25) is 0 Å². The Bertz CT molecular complexity index is 842. The Kier molecular flexibility index (Phi) is 4.60. The summed E-state index contributed by atoms with van der Waals surface area (Å²) >= 11 is 1.49. The van der Waals surface area contributed by atoms with Gasteiger partial charge >= 0.3 is 0 Å². The monoisotopic (exact) mass is 323 g/mol. The number of nitrogens with two attached hydrogens (primary N) is 1. The van der Waals surface area contributed by atoms with Crippen molar-refractivity contribution >= 4 is 17.1 Å². The fourth-order valence-corrected chi connectivity index (χ4v) is 3.18. The third-order valence-electron chi connectivity index (χ3n) is 3.52. The van der Waals surface area contributed by atoms with Gasteiger partial charge in [-0.1, -0.05) is 18.2 Å². The molecule has 0 aliphatic carbocycles. The fraction of sp³-hybridized carbons (Fsp3) is 0.167. The molecule has 2 heterocycles. The van der Waals surface area contributed by atoms with Crippen molar-refractivity contribution in [3.05, 3.63) is 58.7 Å². The van der Waals surface area contributed by atoms with Crippen LogP contribution in [0.15, 0.2) is 48.0 Å². The molecule has 0 atom stereocenters. The molecule has 2 aromatic heterocycles. The van der Waals surface area contributed by atoms with Gasteiger partial charge in [0.15, 0.2) is 5.78 Å². The zero-order valence-corrected chi connectivity index (χ0v) is 13.6. The highest BCUT2D eigenvalue weighted by Gasteiger charge is 2.09. The first-order chi connectivity index (χ1) is 11.2. The number of pyridine rings is 1. The van der Waals surface area contributed by atoms with Gasteiger partial charge in [-0.05, 0) is 36.2 Å². The number of carbonyl (C=O) groups excluding carboxylic acids is 1. The van der Waals surface area contributed by atoms with Gasteiger partial charge in [-0.25, -0.2) is 4.98 Å². The van der Waals surface area contributed by atoms with Crippen LogP contribution in [0.3, 0.4) is 0 Å². The zero-order chi connectivity index (χ0) is 16.2. The number of carbonyl (C=O) groups is 1. The first-order valence-corrected chi connectivity index (χ1v) is 8.23. The van der Waals surface area contributed by atoms with E-state index >= 15 is 0 Å². The van der Waals surface area contributed by atoms with Crippen molar-refractivity contribution in [3.63, 3.8) is 0 Å². The minimum Gasteiger partial charge on any atom is -0.324 e. The Hall–Kier alpha value is -2.37. The SMILES string of the molecule is Cc1cc(-c2cccc(-c3csc(CC(=O)CN)n3)c2)ccn1. The number of hydrogen-bond donors (Lipinski definition) is 1. The molecule has 3 aromatic rings. The Morgan fingerprint density at radius 2 is 1.96 bits per heavy atom. The molecule has 116 valence electrons. The lowest BCUT2D eigenvalue weighted by Crippen LogP contribution is -2.15. The summed E-state index contributed by atoms with van der Waals surface area (Å²) in [6, 6.07) is 12.3. The second-order valence-electron chi connectivity index (χ2n) is 5.31. The van der Waals surface area contributed by atoms with Crippen molar-refractivity contribution in [3.8, 4) is 22.4 Å². The van der Waals surface area contributed by atoms with E-state index in [4.69, 9.17) is 5.73 Å². The average Bonchev–Trinajstić information content (AvgIpc) is 3.03. The maximum absolute atomic E-state index is 11.4. The number of aryl methyl sites for hydroxylation is 1. The molecule has 0 bridgehead atoms. The molecule has 0 amide bonds. The van der Waals surface area contributed by atoms with Gasteiger partial charge in [0, 0.05) is 22.8 Å². The highest BCUT2D eigenvalue weighted by Crippen LogP contribution is 2.27. The number of thiazole rings is 1. The number of hydrogen-bond acceptors (Lipinski definition) is 5. The molecule has 0 aliphatic heterocycles. The van der Waals surface area contributed by atoms with Crippen LogP contribution in [0.5, 0.6) is 0 Å². The molecular weight excluding hydrogens is 306 g/mol. The lowest BCUT2D eigenvalue weighted by atomic mass is 10.0. The number of ketones is 1. The minimum atomic E-state index is 0.00640. The molecule has 1 aromatic carbocycles. The molecular formula is C18H17N3OS. The number of aromatic nitrogens is 2. The topological polar surface area (TPSA) is 68.9 Å². The summed E-state index contributed by atoms with van der Waals surface area (Å²) < 4.78 is 0. The number of rotatable bonds is 5. The molecule has 23 heavy (non-hydrogen) atoms. The van der Waals surface area contributed by atoms with Crippen molar-refractivity contribution in [2.75, 3.05) is 6.54 Å². The van der Waals surface area contributed by atoms with Gasteiger partial charge in [0.1, 0.15) is 5.01 Å². The van der Waals surface area contributed by atoms with E-state index in [0.717, 1.165) is 33.1 Å². The van der Waals surface area contributed by atoms with E-state index in [-0.39, 0.29) is 12.3 Å². The Morgan fingerprint density at radius 3 is 2.74 bits per heavy atom. The molecule has 4 nitrogen and oxygen atoms in total. The Morgan fingerprint density at radius 1 is 1.17 bits per heavy atom. The molecule has 0 radical (unpaired) electrons. The second kappa shape index (κ2) is 6.81. The maximum atomic E-state index is 11.4. The van der Waals surface area contributed by atoms with E-state index in [2.05, 4.69) is 28.2 Å². The van der Waals surface area contributed by atoms with Gasteiger partial charge < -0.3 is 5.73 Å². The number of benzene rings is 1. The first kappa shape index (κ1) is 15.5. The lowest BCUT2D eigenvalue weighted by Gasteiger charge is -2.04. The van der Waals surface area contributed by atoms with Gasteiger partial charge in [0.25, 0.3) is 0 Å². The zero-order valence-electron chi connectivity index (χ0n) is 12.8. The van der Waals surface area contributed by atoms with E-state index < -0.39 is 0 Å². The highest BCUT2D eigenvalue weighted by atomic mass is 32.1. The Balaban J connectivity index is 1.89. The largest absolute Gasteiger partial charge is 0.324 e. The third-order valence-corrected chi connectivity index (χ3v) is 4.36. The molecule has 5 heteroatoms. The first-order valence-electron chi connectivity index (χ1n) is 7.35. The molecule has 0 unspecified atom stereocenters. The van der Waals surface area contributed by atoms with Crippen LogP contribution in [0, 0.1) is 6.92 Å². The second-order valence-corrected chi connectivity index (χ2v) is 6.26. The van der Waals surface area contributed by atoms with E-state index in [9.17, 15) is 4.79 Å². The van der Waals surface area contributed by atoms with Gasteiger partial charge in [-0.2, -0.15) is 0 Å². The summed E-state index contributed by atoms with van der Waals surface area (Å²) in [4.78, 5) is 20.2. The normalized spacial score (nSPS) is 10.7. The smallest absolute Gasteiger partial charge is 0.153 e. The summed E-state index contributed by atoms with van der Waals surface area (Å²) in [5.41, 5.74) is 10.5. The van der Waals surface area contributed by atoms with Gasteiger partial charge in [0.05, 0.1) is 18.7 Å². The lowest BCUT2D eigenvalue weighted by molar-refractivity contribution is -0.117. The molecule has 0 saturated heterocycles. The van der Waals surface area contributed by atoms with E-state index in [0.29, 0.717) is 6.42 Å². The number of nitrogens with zero attached hydrogens (tertiary/aromatic N) is 2. The van der Waals surface area contributed by atoms with Crippen molar-refractivity contribution in [1.82, 2.24) is 9.97 Å². The van der Waals surface area contributed by atoms with Crippen molar-refractivity contribution in [2.45, 2.75) is 13.3 Å². The molecule has 0 aliphatic rings. The van der Waals surface area contributed by atoms with Crippen molar-refractivity contribution in [2.24, 2.45) is 5.73 Å². The summed E-state index contributed by atoms with van der Waals surface area (Å²) in [6.45, 7) is 2.04. The molecule has 3 rings (SSSR count).